The van der Waals surface area contributed by atoms with Gasteiger partial charge in [0, 0.05) is 17.4 Å². The van der Waals surface area contributed by atoms with E-state index in [1.807, 2.05) is 6.92 Å². The van der Waals surface area contributed by atoms with Gasteiger partial charge in [-0.2, -0.15) is 5.10 Å². The lowest BCUT2D eigenvalue weighted by Crippen LogP contribution is -2.15. The molecule has 4 N–H and O–H groups in total. The van der Waals surface area contributed by atoms with Crippen LogP contribution in [0.5, 0.6) is 0 Å². The van der Waals surface area contributed by atoms with E-state index in [9.17, 15) is 8.42 Å². The van der Waals surface area contributed by atoms with E-state index in [1.165, 1.54) is 0 Å². The summed E-state index contributed by atoms with van der Waals surface area (Å²) in [6, 6.07) is 8.41. The maximum Gasteiger partial charge on any atom is 0.238 e. The fraction of sp³-hybridized carbons (Fsp3) is 0.250. The second kappa shape index (κ2) is 5.31. The van der Waals surface area contributed by atoms with Crippen LogP contribution >= 0.6 is 0 Å². The Balaban J connectivity index is 2.08. The Morgan fingerprint density at radius 2 is 2.00 bits per heavy atom. The van der Waals surface area contributed by atoms with E-state index in [0.717, 1.165) is 12.1 Å². The second-order valence-electron chi connectivity index (χ2n) is 4.23. The zero-order valence-corrected chi connectivity index (χ0v) is 11.4. The van der Waals surface area contributed by atoms with E-state index in [1.54, 1.807) is 30.3 Å². The molecule has 2 aromatic rings. The number of benzene rings is 1. The number of aromatic nitrogens is 2. The molecule has 0 spiro atoms. The molecule has 7 heteroatoms. The Labute approximate surface area is 112 Å². The highest BCUT2D eigenvalue weighted by molar-refractivity contribution is 7.91. The summed E-state index contributed by atoms with van der Waals surface area (Å²) in [6.45, 7) is 1.96. The van der Waals surface area contributed by atoms with Crippen molar-refractivity contribution in [1.29, 1.82) is 0 Å². The molecule has 0 atom stereocenters. The van der Waals surface area contributed by atoms with Crippen LogP contribution in [0.25, 0.3) is 0 Å². The number of nitrogen functional groups attached to an aromatic ring is 1. The molecule has 1 aromatic carbocycles. The van der Waals surface area contributed by atoms with Crippen LogP contribution in [-0.4, -0.2) is 18.6 Å². The number of rotatable bonds is 5. The first kappa shape index (κ1) is 13.4. The van der Waals surface area contributed by atoms with E-state index in [2.05, 4.69) is 14.9 Å². The summed E-state index contributed by atoms with van der Waals surface area (Å²) in [4.78, 5) is 0. The van der Waals surface area contributed by atoms with Gasteiger partial charge in [0.2, 0.25) is 10.0 Å². The first-order valence-electron chi connectivity index (χ1n) is 5.87. The average Bonchev–Trinajstić information content (AvgIpc) is 2.78. The number of nitrogens with zero attached hydrogens (tertiary/aromatic N) is 1. The van der Waals surface area contributed by atoms with Crippen LogP contribution in [0.1, 0.15) is 18.2 Å². The lowest BCUT2D eigenvalue weighted by Gasteiger charge is -2.05. The van der Waals surface area contributed by atoms with Crippen molar-refractivity contribution in [2.75, 3.05) is 10.5 Å². The number of sulfonamides is 1. The molecule has 0 bridgehead atoms. The van der Waals surface area contributed by atoms with E-state index in [0.29, 0.717) is 17.1 Å². The molecule has 0 aliphatic heterocycles. The molecule has 0 radical (unpaired) electrons. The Bertz CT molecular complexity index is 647. The molecule has 6 nitrogen and oxygen atoms in total. The molecule has 0 fully saturated rings. The molecular weight excluding hydrogens is 264 g/mol. The third-order valence-corrected chi connectivity index (χ3v) is 3.84. The summed E-state index contributed by atoms with van der Waals surface area (Å²) in [6.07, 6.45) is 0.771. The number of aromatic amines is 1. The van der Waals surface area contributed by atoms with Gasteiger partial charge >= 0.3 is 0 Å². The topological polar surface area (TPSA) is 101 Å². The molecule has 0 amide bonds. The molecule has 0 aliphatic carbocycles. The highest BCUT2D eigenvalue weighted by Gasteiger charge is 2.13. The highest BCUT2D eigenvalue weighted by atomic mass is 32.2. The van der Waals surface area contributed by atoms with Crippen molar-refractivity contribution in [2.45, 2.75) is 19.1 Å². The minimum Gasteiger partial charge on any atom is -0.399 e. The summed E-state index contributed by atoms with van der Waals surface area (Å²) in [7, 11) is -3.47. The molecular formula is C12H16N4O2S. The van der Waals surface area contributed by atoms with E-state index in [-0.39, 0.29) is 5.75 Å². The minimum atomic E-state index is -3.47. The highest BCUT2D eigenvalue weighted by Crippen LogP contribution is 2.13. The molecule has 0 saturated heterocycles. The van der Waals surface area contributed by atoms with Gasteiger partial charge < -0.3 is 5.73 Å². The van der Waals surface area contributed by atoms with Crippen molar-refractivity contribution in [3.8, 4) is 0 Å². The largest absolute Gasteiger partial charge is 0.399 e. The monoisotopic (exact) mass is 280 g/mol. The van der Waals surface area contributed by atoms with Crippen molar-refractivity contribution < 1.29 is 8.42 Å². The maximum absolute atomic E-state index is 12.0. The molecule has 0 saturated carbocycles. The number of H-pyrrole nitrogens is 1. The van der Waals surface area contributed by atoms with Crippen molar-refractivity contribution in [1.82, 2.24) is 10.2 Å². The Hall–Kier alpha value is -2.02. The predicted octanol–water partition coefficient (Wildman–Crippen LogP) is 1.50. The van der Waals surface area contributed by atoms with Gasteiger partial charge in [-0.25, -0.2) is 8.42 Å². The lowest BCUT2D eigenvalue weighted by atomic mass is 10.2. The number of nitrogens with two attached hydrogens (primary N) is 1. The van der Waals surface area contributed by atoms with Crippen LogP contribution in [0.4, 0.5) is 11.5 Å². The van der Waals surface area contributed by atoms with Gasteiger partial charge in [-0.15, -0.1) is 0 Å². The Kier molecular flexibility index (Phi) is 3.75. The molecule has 0 aliphatic rings. The van der Waals surface area contributed by atoms with Gasteiger partial charge in [-0.3, -0.25) is 9.82 Å². The zero-order chi connectivity index (χ0) is 13.9. The molecule has 1 aromatic heterocycles. The third-order valence-electron chi connectivity index (χ3n) is 2.61. The van der Waals surface area contributed by atoms with Gasteiger partial charge in [0.25, 0.3) is 0 Å². The Morgan fingerprint density at radius 3 is 2.58 bits per heavy atom. The predicted molar refractivity (Wildman–Crippen MR) is 75.1 cm³/mol. The van der Waals surface area contributed by atoms with Gasteiger partial charge in [-0.1, -0.05) is 19.1 Å². The maximum atomic E-state index is 12.0. The van der Waals surface area contributed by atoms with Crippen molar-refractivity contribution in [2.24, 2.45) is 0 Å². The third kappa shape index (κ3) is 3.72. The fourth-order valence-corrected chi connectivity index (χ4v) is 2.75. The van der Waals surface area contributed by atoms with Crippen molar-refractivity contribution >= 4 is 21.5 Å². The molecule has 0 unspecified atom stereocenters. The number of hydrogen-bond donors (Lipinski definition) is 3. The quantitative estimate of drug-likeness (QED) is 0.722. The van der Waals surface area contributed by atoms with Gasteiger partial charge in [0.1, 0.15) is 0 Å². The van der Waals surface area contributed by atoms with Crippen molar-refractivity contribution in [3.05, 3.63) is 41.6 Å². The smallest absolute Gasteiger partial charge is 0.238 e. The van der Waals surface area contributed by atoms with Crippen LogP contribution in [0.3, 0.4) is 0 Å². The SMILES string of the molecule is CCc1cc(NS(=O)(=O)Cc2ccc(N)cc2)n[nH]1. The van der Waals surface area contributed by atoms with Crippen LogP contribution in [-0.2, 0) is 22.2 Å². The molecule has 19 heavy (non-hydrogen) atoms. The van der Waals surface area contributed by atoms with E-state index in [4.69, 9.17) is 5.73 Å². The normalized spacial score (nSPS) is 11.4. The fourth-order valence-electron chi connectivity index (χ4n) is 1.62. The first-order valence-corrected chi connectivity index (χ1v) is 7.53. The Morgan fingerprint density at radius 1 is 1.32 bits per heavy atom. The van der Waals surface area contributed by atoms with Gasteiger partial charge in [0.05, 0.1) is 5.75 Å². The second-order valence-corrected chi connectivity index (χ2v) is 5.96. The first-order chi connectivity index (χ1) is 8.98. The number of anilines is 2. The summed E-state index contributed by atoms with van der Waals surface area (Å²) in [5.74, 6) is 0.203. The van der Waals surface area contributed by atoms with E-state index < -0.39 is 10.0 Å². The van der Waals surface area contributed by atoms with E-state index >= 15 is 0 Å². The summed E-state index contributed by atoms with van der Waals surface area (Å²) < 4.78 is 26.3. The van der Waals surface area contributed by atoms with Crippen molar-refractivity contribution in [3.63, 3.8) is 0 Å². The molecule has 102 valence electrons. The van der Waals surface area contributed by atoms with Crippen LogP contribution in [0.2, 0.25) is 0 Å². The summed E-state index contributed by atoms with van der Waals surface area (Å²) in [5, 5.41) is 6.65. The number of nitrogens with one attached hydrogen (secondary N) is 2. The van der Waals surface area contributed by atoms with Crippen LogP contribution in [0, 0.1) is 0 Å². The lowest BCUT2D eigenvalue weighted by molar-refractivity contribution is 0.600. The van der Waals surface area contributed by atoms with Crippen LogP contribution < -0.4 is 10.5 Å². The number of aryl methyl sites for hydroxylation is 1. The zero-order valence-electron chi connectivity index (χ0n) is 10.6. The molecule has 1 heterocycles. The summed E-state index contributed by atoms with van der Waals surface area (Å²) in [5.41, 5.74) is 7.71. The van der Waals surface area contributed by atoms with Crippen LogP contribution in [0.15, 0.2) is 30.3 Å². The minimum absolute atomic E-state index is 0.110. The van der Waals surface area contributed by atoms with Gasteiger partial charge in [-0.05, 0) is 24.1 Å². The number of hydrogen-bond acceptors (Lipinski definition) is 4. The van der Waals surface area contributed by atoms with Gasteiger partial charge in [0.15, 0.2) is 5.82 Å². The molecule has 2 rings (SSSR count). The summed E-state index contributed by atoms with van der Waals surface area (Å²) >= 11 is 0. The average molecular weight is 280 g/mol. The standard InChI is InChI=1S/C12H16N4O2S/c1-2-11-7-12(15-14-11)16-19(17,18)8-9-3-5-10(13)6-4-9/h3-7H,2,8,13H2,1H3,(H2,14,15,16).